The zero-order chi connectivity index (χ0) is 22.6. The van der Waals surface area contributed by atoms with Crippen LogP contribution in [0.4, 0.5) is 0 Å². The molecule has 1 aromatic heterocycles. The van der Waals surface area contributed by atoms with Gasteiger partial charge in [-0.2, -0.15) is 0 Å². The van der Waals surface area contributed by atoms with Crippen LogP contribution >= 0.6 is 0 Å². The number of nitrogens with one attached hydrogen (secondary N) is 2. The summed E-state index contributed by atoms with van der Waals surface area (Å²) in [6.07, 6.45) is 4.19. The molecule has 4 rings (SSSR count). The Kier molecular flexibility index (Phi) is 6.25. The standard InChI is InChI=1S/C25H28N4O3/c1-4-5-14-32-20-12-8-18(9-13-20)25(2)15-21(17-6-10-19(31-3)11-7-17)22(24(30)28-25)23-26-16-27-29-23/h6-13,16H,4-5,14-15H2,1-3H3,(H,28,30)(H,26,27,29). The van der Waals surface area contributed by atoms with Crippen LogP contribution in [0.3, 0.4) is 0 Å². The minimum absolute atomic E-state index is 0.190. The van der Waals surface area contributed by atoms with Gasteiger partial charge in [0.25, 0.3) is 5.91 Å². The van der Waals surface area contributed by atoms with E-state index in [1.54, 1.807) is 7.11 Å². The number of H-pyrrole nitrogens is 1. The zero-order valence-electron chi connectivity index (χ0n) is 18.6. The van der Waals surface area contributed by atoms with E-state index in [9.17, 15) is 4.79 Å². The highest BCUT2D eigenvalue weighted by atomic mass is 16.5. The van der Waals surface area contributed by atoms with Crippen LogP contribution in [0.2, 0.25) is 0 Å². The van der Waals surface area contributed by atoms with E-state index >= 15 is 0 Å². The fourth-order valence-corrected chi connectivity index (χ4v) is 3.98. The van der Waals surface area contributed by atoms with Gasteiger partial charge in [-0.25, -0.2) is 0 Å². The number of carbonyl (C=O) groups excluding carboxylic acids is 1. The van der Waals surface area contributed by atoms with Gasteiger partial charge in [-0.1, -0.05) is 37.6 Å². The fraction of sp³-hybridized carbons (Fsp3) is 0.320. The first-order valence-corrected chi connectivity index (χ1v) is 10.8. The third-order valence-electron chi connectivity index (χ3n) is 5.80. The minimum Gasteiger partial charge on any atom is -0.497 e. The van der Waals surface area contributed by atoms with Crippen molar-refractivity contribution in [1.82, 2.24) is 20.5 Å². The highest BCUT2D eigenvalue weighted by molar-refractivity contribution is 6.27. The van der Waals surface area contributed by atoms with Crippen LogP contribution in [0.1, 0.15) is 50.1 Å². The van der Waals surface area contributed by atoms with Gasteiger partial charge >= 0.3 is 0 Å². The lowest BCUT2D eigenvalue weighted by Crippen LogP contribution is -2.47. The van der Waals surface area contributed by atoms with E-state index in [1.165, 1.54) is 6.33 Å². The average Bonchev–Trinajstić information content (AvgIpc) is 3.33. The largest absolute Gasteiger partial charge is 0.497 e. The molecule has 166 valence electrons. The van der Waals surface area contributed by atoms with E-state index in [4.69, 9.17) is 9.47 Å². The molecule has 1 aliphatic heterocycles. The number of methoxy groups -OCH3 is 1. The Bertz CT molecular complexity index is 1090. The van der Waals surface area contributed by atoms with Gasteiger partial charge in [0.2, 0.25) is 0 Å². The molecule has 32 heavy (non-hydrogen) atoms. The molecule has 1 amide bonds. The smallest absolute Gasteiger partial charge is 0.256 e. The van der Waals surface area contributed by atoms with Crippen molar-refractivity contribution in [2.45, 2.75) is 38.6 Å². The summed E-state index contributed by atoms with van der Waals surface area (Å²) in [5.74, 6) is 1.86. The number of aromatic amines is 1. The van der Waals surface area contributed by atoms with Crippen LogP contribution in [0.5, 0.6) is 11.5 Å². The maximum Gasteiger partial charge on any atom is 0.256 e. The zero-order valence-corrected chi connectivity index (χ0v) is 18.6. The van der Waals surface area contributed by atoms with Crippen LogP contribution in [-0.2, 0) is 10.3 Å². The number of benzene rings is 2. The third-order valence-corrected chi connectivity index (χ3v) is 5.80. The van der Waals surface area contributed by atoms with Crippen LogP contribution in [0, 0.1) is 0 Å². The molecule has 0 saturated carbocycles. The number of carbonyl (C=O) groups is 1. The number of rotatable bonds is 8. The van der Waals surface area contributed by atoms with E-state index in [1.807, 2.05) is 55.5 Å². The summed E-state index contributed by atoms with van der Waals surface area (Å²) in [4.78, 5) is 16.3. The quantitative estimate of drug-likeness (QED) is 0.517. The van der Waals surface area contributed by atoms with E-state index in [0.717, 1.165) is 41.0 Å². The number of aromatic nitrogens is 3. The Morgan fingerprint density at radius 2 is 1.78 bits per heavy atom. The number of hydrogen-bond acceptors (Lipinski definition) is 5. The van der Waals surface area contributed by atoms with Gasteiger partial charge in [0.1, 0.15) is 17.8 Å². The molecule has 1 unspecified atom stereocenters. The molecule has 2 N–H and O–H groups in total. The lowest BCUT2D eigenvalue weighted by Gasteiger charge is -2.37. The number of ether oxygens (including phenoxy) is 2. The number of hydrogen-bond donors (Lipinski definition) is 2. The van der Waals surface area contributed by atoms with E-state index < -0.39 is 5.54 Å². The molecule has 0 fully saturated rings. The first kappa shape index (κ1) is 21.6. The SMILES string of the molecule is CCCCOc1ccc(C2(C)CC(c3ccc(OC)cc3)=C(c3nnc[nH]3)C(=O)N2)cc1. The molecular weight excluding hydrogens is 404 g/mol. The molecule has 0 aliphatic carbocycles. The fourth-order valence-electron chi connectivity index (χ4n) is 3.98. The topological polar surface area (TPSA) is 89.1 Å². The second-order valence-corrected chi connectivity index (χ2v) is 8.11. The van der Waals surface area contributed by atoms with Crippen LogP contribution in [0.15, 0.2) is 54.9 Å². The van der Waals surface area contributed by atoms with E-state index in [2.05, 4.69) is 27.4 Å². The number of amides is 1. The Hall–Kier alpha value is -3.61. The van der Waals surface area contributed by atoms with Gasteiger partial charge in [0.15, 0.2) is 5.82 Å². The molecule has 7 heteroatoms. The Morgan fingerprint density at radius 3 is 2.41 bits per heavy atom. The second kappa shape index (κ2) is 9.26. The van der Waals surface area contributed by atoms with Gasteiger partial charge in [-0.3, -0.25) is 4.79 Å². The van der Waals surface area contributed by atoms with Crippen LogP contribution < -0.4 is 14.8 Å². The molecule has 1 atom stereocenters. The van der Waals surface area contributed by atoms with Crippen molar-refractivity contribution in [1.29, 1.82) is 0 Å². The monoisotopic (exact) mass is 432 g/mol. The first-order valence-electron chi connectivity index (χ1n) is 10.8. The highest BCUT2D eigenvalue weighted by Gasteiger charge is 2.38. The van der Waals surface area contributed by atoms with Gasteiger partial charge in [-0.15, -0.1) is 10.2 Å². The molecular formula is C25H28N4O3. The molecule has 2 heterocycles. The predicted molar refractivity (Wildman–Crippen MR) is 123 cm³/mol. The summed E-state index contributed by atoms with van der Waals surface area (Å²) in [7, 11) is 1.63. The highest BCUT2D eigenvalue weighted by Crippen LogP contribution is 2.41. The van der Waals surface area contributed by atoms with Crippen LogP contribution in [-0.4, -0.2) is 34.8 Å². The molecule has 0 spiro atoms. The molecule has 7 nitrogen and oxygen atoms in total. The van der Waals surface area contributed by atoms with E-state index in [0.29, 0.717) is 24.4 Å². The summed E-state index contributed by atoms with van der Waals surface area (Å²) in [5.41, 5.74) is 2.77. The number of nitrogens with zero attached hydrogens (tertiary/aromatic N) is 2. The summed E-state index contributed by atoms with van der Waals surface area (Å²) in [6, 6.07) is 15.7. The molecule has 0 saturated heterocycles. The molecule has 0 radical (unpaired) electrons. The maximum absolute atomic E-state index is 13.3. The third kappa shape index (κ3) is 4.37. The molecule has 3 aromatic rings. The minimum atomic E-state index is -0.586. The maximum atomic E-state index is 13.3. The van der Waals surface area contributed by atoms with Crippen molar-refractivity contribution in [3.8, 4) is 11.5 Å². The average molecular weight is 433 g/mol. The van der Waals surface area contributed by atoms with Crippen molar-refractivity contribution in [3.63, 3.8) is 0 Å². The summed E-state index contributed by atoms with van der Waals surface area (Å²) in [6.45, 7) is 4.88. The summed E-state index contributed by atoms with van der Waals surface area (Å²) in [5, 5.41) is 11.2. The van der Waals surface area contributed by atoms with Crippen molar-refractivity contribution in [2.75, 3.05) is 13.7 Å². The predicted octanol–water partition coefficient (Wildman–Crippen LogP) is 4.34. The van der Waals surface area contributed by atoms with Crippen LogP contribution in [0.25, 0.3) is 11.1 Å². The molecule has 2 aromatic carbocycles. The Morgan fingerprint density at radius 1 is 1.06 bits per heavy atom. The second-order valence-electron chi connectivity index (χ2n) is 8.11. The Labute approximate surface area is 187 Å². The normalized spacial score (nSPS) is 18.4. The van der Waals surface area contributed by atoms with Gasteiger partial charge in [0.05, 0.1) is 24.8 Å². The van der Waals surface area contributed by atoms with Gasteiger partial charge < -0.3 is 19.8 Å². The summed E-state index contributed by atoms with van der Waals surface area (Å²) >= 11 is 0. The van der Waals surface area contributed by atoms with Crippen molar-refractivity contribution >= 4 is 17.1 Å². The summed E-state index contributed by atoms with van der Waals surface area (Å²) < 4.78 is 11.1. The van der Waals surface area contributed by atoms with Crippen molar-refractivity contribution in [3.05, 3.63) is 71.8 Å². The van der Waals surface area contributed by atoms with Crippen molar-refractivity contribution < 1.29 is 14.3 Å². The first-order chi connectivity index (χ1) is 15.5. The Balaban J connectivity index is 1.70. The van der Waals surface area contributed by atoms with Crippen molar-refractivity contribution in [2.24, 2.45) is 0 Å². The lowest BCUT2D eigenvalue weighted by molar-refractivity contribution is -0.117. The van der Waals surface area contributed by atoms with E-state index in [-0.39, 0.29) is 5.91 Å². The van der Waals surface area contributed by atoms with Gasteiger partial charge in [0, 0.05) is 6.42 Å². The number of unbranched alkanes of at least 4 members (excludes halogenated alkanes) is 1. The lowest BCUT2D eigenvalue weighted by atomic mass is 9.78. The molecule has 1 aliphatic rings. The van der Waals surface area contributed by atoms with Gasteiger partial charge in [-0.05, 0) is 54.3 Å². The molecule has 0 bridgehead atoms.